The summed E-state index contributed by atoms with van der Waals surface area (Å²) in [4.78, 5) is 63.0. The number of guanidine groups is 1. The first-order chi connectivity index (χ1) is 21.1. The number of fused-ring (bicyclic) bond motifs is 1. The third-order valence-electron chi connectivity index (χ3n) is 7.09. The van der Waals surface area contributed by atoms with Crippen molar-refractivity contribution in [1.29, 1.82) is 5.41 Å². The number of amides is 4. The first-order valence-electron chi connectivity index (χ1n) is 14.3. The van der Waals surface area contributed by atoms with Crippen LogP contribution in [0.1, 0.15) is 37.7 Å². The molecule has 1 aliphatic heterocycles. The Morgan fingerprint density at radius 1 is 1.05 bits per heavy atom. The average molecular weight is 650 g/mol. The van der Waals surface area contributed by atoms with E-state index in [4.69, 9.17) is 10.5 Å². The summed E-state index contributed by atoms with van der Waals surface area (Å²) in [6, 6.07) is 5.09. The van der Waals surface area contributed by atoms with Crippen LogP contribution in [-0.4, -0.2) is 89.3 Å². The van der Waals surface area contributed by atoms with Crippen LogP contribution >= 0.6 is 18.8 Å². The lowest BCUT2D eigenvalue weighted by molar-refractivity contribution is -0.137. The highest BCUT2D eigenvalue weighted by Crippen LogP contribution is 2.24. The summed E-state index contributed by atoms with van der Waals surface area (Å²) < 4.78 is 1.84. The van der Waals surface area contributed by atoms with E-state index >= 15 is 0 Å². The maximum atomic E-state index is 13.7. The van der Waals surface area contributed by atoms with Crippen molar-refractivity contribution in [3.05, 3.63) is 36.0 Å². The molecule has 3 rings (SSSR count). The predicted octanol–water partition coefficient (Wildman–Crippen LogP) is -1.07. The molecule has 1 aromatic carbocycles. The first kappa shape index (κ1) is 34.7. The van der Waals surface area contributed by atoms with Crippen molar-refractivity contribution in [3.63, 3.8) is 0 Å². The van der Waals surface area contributed by atoms with Gasteiger partial charge in [0, 0.05) is 31.1 Å². The number of carboxylic acid groups (broad SMARTS) is 1. The first-order valence-corrected chi connectivity index (χ1v) is 15.4. The van der Waals surface area contributed by atoms with Gasteiger partial charge in [-0.1, -0.05) is 18.2 Å². The number of aliphatic carboxylic acids is 1. The van der Waals surface area contributed by atoms with Crippen LogP contribution < -0.4 is 37.0 Å². The van der Waals surface area contributed by atoms with E-state index in [0.717, 1.165) is 29.4 Å². The Labute approximate surface area is 259 Å². The van der Waals surface area contributed by atoms with Gasteiger partial charge in [-0.3, -0.25) is 29.4 Å². The zero-order valence-corrected chi connectivity index (χ0v) is 26.6. The second kappa shape index (κ2) is 17.5. The molecule has 1 fully saturated rings. The highest BCUT2D eigenvalue weighted by Gasteiger charge is 2.29. The van der Waals surface area contributed by atoms with Crippen LogP contribution in [0.5, 0.6) is 0 Å². The van der Waals surface area contributed by atoms with Crippen LogP contribution in [0.2, 0.25) is 0 Å². The molecule has 15 nitrogen and oxygen atoms in total. The molecule has 0 radical (unpaired) electrons. The van der Waals surface area contributed by atoms with Crippen molar-refractivity contribution in [1.82, 2.24) is 41.3 Å². The molecule has 4 amide bonds. The number of rotatable bonds is 16. The van der Waals surface area contributed by atoms with E-state index < -0.39 is 35.8 Å². The molecule has 2 heterocycles. The molecule has 0 bridgehead atoms. The molecule has 0 spiro atoms. The molecule has 240 valence electrons. The number of aromatic nitrogens is 1. The van der Waals surface area contributed by atoms with Gasteiger partial charge in [-0.05, 0) is 62.6 Å². The van der Waals surface area contributed by atoms with Crippen molar-refractivity contribution in [2.75, 3.05) is 26.2 Å². The van der Waals surface area contributed by atoms with Crippen molar-refractivity contribution in [2.24, 2.45) is 0 Å². The van der Waals surface area contributed by atoms with Crippen molar-refractivity contribution >= 4 is 65.2 Å². The largest absolute Gasteiger partial charge is 0.481 e. The van der Waals surface area contributed by atoms with E-state index in [1.54, 1.807) is 0 Å². The topological polar surface area (TPSA) is 219 Å². The molecule has 1 aliphatic rings. The van der Waals surface area contributed by atoms with Crippen LogP contribution in [0.15, 0.2) is 30.5 Å². The number of hydrogen-bond acceptors (Lipinski definition) is 7. The number of carbonyl (C=O) groups excluding carboxylic acids is 4. The lowest BCUT2D eigenvalue weighted by Crippen LogP contribution is -2.56. The molecule has 0 aliphatic carbocycles. The molecule has 44 heavy (non-hydrogen) atoms. The Bertz CT molecular complexity index is 1350. The van der Waals surface area contributed by atoms with Gasteiger partial charge in [0.05, 0.1) is 24.5 Å². The molecule has 0 saturated carbocycles. The van der Waals surface area contributed by atoms with Gasteiger partial charge in [-0.15, -0.1) is 0 Å². The fourth-order valence-electron chi connectivity index (χ4n) is 4.84. The van der Waals surface area contributed by atoms with Gasteiger partial charge in [-0.2, -0.15) is 0 Å². The van der Waals surface area contributed by atoms with Gasteiger partial charge in [0.25, 0.3) is 0 Å². The second-order valence-electron chi connectivity index (χ2n) is 10.4. The lowest BCUT2D eigenvalue weighted by Gasteiger charge is -2.23. The maximum absolute atomic E-state index is 13.7. The molecular formula is C27H41N9O6P2. The fraction of sp³-hybridized carbons (Fsp3) is 0.481. The van der Waals surface area contributed by atoms with Crippen LogP contribution in [-0.2, 0) is 30.4 Å². The van der Waals surface area contributed by atoms with E-state index in [1.165, 1.54) is 0 Å². The number of carboxylic acids is 1. The van der Waals surface area contributed by atoms with Gasteiger partial charge in [-0.25, -0.2) is 0 Å². The van der Waals surface area contributed by atoms with Crippen LogP contribution in [0.25, 0.3) is 10.9 Å². The number of para-hydroxylation sites is 1. The van der Waals surface area contributed by atoms with Crippen LogP contribution in [0.4, 0.5) is 0 Å². The third kappa shape index (κ3) is 10.7. The fourth-order valence-corrected chi connectivity index (χ4v) is 5.35. The SMILES string of the molecule is N=C(NP)NCCC[C@H](NC(=O)[C@H](Cc1cn(P)c2ccccc12)NC(=O)CNC(=O)[C@@H]1CCCN1)C(=O)NCCC(=O)O. The van der Waals surface area contributed by atoms with Gasteiger partial charge < -0.3 is 46.4 Å². The molecule has 1 saturated heterocycles. The zero-order valence-electron chi connectivity index (χ0n) is 24.3. The van der Waals surface area contributed by atoms with E-state index in [1.807, 2.05) is 34.8 Å². The number of hydrogen-bond donors (Lipinski definition) is 9. The van der Waals surface area contributed by atoms with Crippen molar-refractivity contribution in [3.8, 4) is 0 Å². The average Bonchev–Trinajstić information content (AvgIpc) is 3.65. The minimum atomic E-state index is -1.10. The number of nitrogens with one attached hydrogen (secondary N) is 8. The summed E-state index contributed by atoms with van der Waals surface area (Å²) in [6.45, 7) is 0.614. The Kier molecular flexibility index (Phi) is 13.8. The second-order valence-corrected chi connectivity index (χ2v) is 11.2. The highest BCUT2D eigenvalue weighted by molar-refractivity contribution is 7.15. The van der Waals surface area contributed by atoms with E-state index in [0.29, 0.717) is 19.4 Å². The quantitative estimate of drug-likeness (QED) is 0.0468. The van der Waals surface area contributed by atoms with Gasteiger partial charge in [0.2, 0.25) is 23.6 Å². The van der Waals surface area contributed by atoms with Gasteiger partial charge in [0.1, 0.15) is 12.1 Å². The highest BCUT2D eigenvalue weighted by atomic mass is 31.0. The minimum absolute atomic E-state index is 0.0633. The maximum Gasteiger partial charge on any atom is 0.305 e. The number of benzene rings is 1. The smallest absolute Gasteiger partial charge is 0.305 e. The predicted molar refractivity (Wildman–Crippen MR) is 172 cm³/mol. The Balaban J connectivity index is 1.75. The molecule has 17 heteroatoms. The Hall–Kier alpha value is -3.80. The zero-order chi connectivity index (χ0) is 32.1. The van der Waals surface area contributed by atoms with Crippen molar-refractivity contribution < 1.29 is 29.1 Å². The Morgan fingerprint density at radius 3 is 2.52 bits per heavy atom. The summed E-state index contributed by atoms with van der Waals surface area (Å²) in [5.74, 6) is -3.06. The van der Waals surface area contributed by atoms with Crippen LogP contribution in [0.3, 0.4) is 0 Å². The molecule has 2 unspecified atom stereocenters. The standard InChI is InChI=1S/C27H41N9O6P2/c28-27(35-43)31-11-4-7-19(25(41)30-12-9-23(38)39)34-26(42)20(13-16-15-36(44)21-8-2-1-5-17(16)21)33-22(37)14-32-24(40)18-6-3-10-29-18/h1-2,5,8,15,18-20,29H,3-4,6-7,9-14,43-44H2,(H,30,41)(H,32,40)(H,33,37)(H,34,42)(H,38,39)(H3,28,31,35)/t18-,19-,20-/m0/s1. The molecule has 9 N–H and O–H groups in total. The third-order valence-corrected chi connectivity index (χ3v) is 7.80. The van der Waals surface area contributed by atoms with E-state index in [-0.39, 0.29) is 50.3 Å². The Morgan fingerprint density at radius 2 is 1.82 bits per heavy atom. The summed E-state index contributed by atoms with van der Waals surface area (Å²) in [6.07, 6.45) is 3.77. The normalized spacial score (nSPS) is 15.5. The summed E-state index contributed by atoms with van der Waals surface area (Å²) >= 11 is 0. The summed E-state index contributed by atoms with van der Waals surface area (Å²) in [5, 5.41) is 36.5. The van der Waals surface area contributed by atoms with Gasteiger partial charge >= 0.3 is 5.97 Å². The van der Waals surface area contributed by atoms with E-state index in [2.05, 4.69) is 55.8 Å². The van der Waals surface area contributed by atoms with Crippen molar-refractivity contribution in [2.45, 2.75) is 56.7 Å². The minimum Gasteiger partial charge on any atom is -0.481 e. The van der Waals surface area contributed by atoms with Gasteiger partial charge in [0.15, 0.2) is 5.96 Å². The molecule has 2 aromatic rings. The molecular weight excluding hydrogens is 608 g/mol. The monoisotopic (exact) mass is 649 g/mol. The summed E-state index contributed by atoms with van der Waals surface area (Å²) in [7, 11) is 4.77. The molecule has 5 atom stereocenters. The molecule has 1 aromatic heterocycles. The number of carbonyl (C=O) groups is 5. The van der Waals surface area contributed by atoms with Crippen LogP contribution in [0, 0.1) is 5.41 Å². The van der Waals surface area contributed by atoms with E-state index in [9.17, 15) is 24.0 Å². The summed E-state index contributed by atoms with van der Waals surface area (Å²) in [5.41, 5.74) is 1.69. The number of nitrogens with zero attached hydrogens (tertiary/aromatic N) is 1. The lowest BCUT2D eigenvalue weighted by atomic mass is 10.0.